The monoisotopic (exact) mass is 283 g/mol. The van der Waals surface area contributed by atoms with Crippen LogP contribution in [-0.4, -0.2) is 38.8 Å². The fourth-order valence-corrected chi connectivity index (χ4v) is 2.69. The van der Waals surface area contributed by atoms with E-state index in [1.54, 1.807) is 7.11 Å². The molecule has 1 aliphatic rings. The third-order valence-electron chi connectivity index (χ3n) is 3.59. The van der Waals surface area contributed by atoms with Crippen LogP contribution >= 0.6 is 11.6 Å². The average molecular weight is 284 g/mol. The summed E-state index contributed by atoms with van der Waals surface area (Å²) < 4.78 is 10.8. The molecule has 4 heteroatoms. The Hall–Kier alpha value is -0.770. The highest BCUT2D eigenvalue weighted by Crippen LogP contribution is 2.32. The van der Waals surface area contributed by atoms with Crippen LogP contribution in [0.2, 0.25) is 0 Å². The SMILES string of the molecule is COCCC(CCl)NCC1CCOc2ccccc21. The third kappa shape index (κ3) is 4.10. The summed E-state index contributed by atoms with van der Waals surface area (Å²) >= 11 is 5.98. The van der Waals surface area contributed by atoms with E-state index in [9.17, 15) is 0 Å². The second-order valence-electron chi connectivity index (χ2n) is 4.91. The average Bonchev–Trinajstić information content (AvgIpc) is 2.47. The quantitative estimate of drug-likeness (QED) is 0.781. The van der Waals surface area contributed by atoms with Gasteiger partial charge in [-0.15, -0.1) is 11.6 Å². The van der Waals surface area contributed by atoms with E-state index in [1.165, 1.54) is 5.56 Å². The van der Waals surface area contributed by atoms with Gasteiger partial charge in [0.25, 0.3) is 0 Å². The maximum absolute atomic E-state index is 5.98. The minimum absolute atomic E-state index is 0.316. The van der Waals surface area contributed by atoms with E-state index >= 15 is 0 Å². The fourth-order valence-electron chi connectivity index (χ4n) is 2.43. The molecule has 0 bridgehead atoms. The number of alkyl halides is 1. The number of halogens is 1. The minimum Gasteiger partial charge on any atom is -0.493 e. The largest absolute Gasteiger partial charge is 0.493 e. The first-order valence-corrected chi connectivity index (χ1v) is 7.38. The van der Waals surface area contributed by atoms with Gasteiger partial charge in [0.05, 0.1) is 6.61 Å². The van der Waals surface area contributed by atoms with Gasteiger partial charge in [0.2, 0.25) is 0 Å². The number of methoxy groups -OCH3 is 1. The Bertz CT molecular complexity index is 386. The molecule has 0 amide bonds. The van der Waals surface area contributed by atoms with E-state index in [0.717, 1.165) is 38.3 Å². The number of nitrogens with one attached hydrogen (secondary N) is 1. The van der Waals surface area contributed by atoms with Gasteiger partial charge >= 0.3 is 0 Å². The molecule has 1 N–H and O–H groups in total. The predicted octanol–water partition coefficient (Wildman–Crippen LogP) is 2.79. The number of fused-ring (bicyclic) bond motifs is 1. The van der Waals surface area contributed by atoms with Crippen LogP contribution in [0, 0.1) is 0 Å². The molecule has 0 saturated heterocycles. The number of para-hydroxylation sites is 1. The van der Waals surface area contributed by atoms with E-state index in [1.807, 2.05) is 12.1 Å². The van der Waals surface area contributed by atoms with Crippen LogP contribution in [0.4, 0.5) is 0 Å². The van der Waals surface area contributed by atoms with Gasteiger partial charge in [-0.2, -0.15) is 0 Å². The van der Waals surface area contributed by atoms with Crippen LogP contribution in [0.15, 0.2) is 24.3 Å². The van der Waals surface area contributed by atoms with Crippen molar-refractivity contribution in [2.75, 3.05) is 32.7 Å². The molecule has 0 saturated carbocycles. The lowest BCUT2D eigenvalue weighted by atomic mass is 9.93. The summed E-state index contributed by atoms with van der Waals surface area (Å²) in [5, 5.41) is 3.55. The topological polar surface area (TPSA) is 30.5 Å². The van der Waals surface area contributed by atoms with Crippen molar-refractivity contribution < 1.29 is 9.47 Å². The van der Waals surface area contributed by atoms with Crippen molar-refractivity contribution in [3.63, 3.8) is 0 Å². The minimum atomic E-state index is 0.316. The molecule has 0 radical (unpaired) electrons. The summed E-state index contributed by atoms with van der Waals surface area (Å²) in [4.78, 5) is 0. The van der Waals surface area contributed by atoms with Gasteiger partial charge < -0.3 is 14.8 Å². The summed E-state index contributed by atoms with van der Waals surface area (Å²) in [6, 6.07) is 8.62. The number of ether oxygens (including phenoxy) is 2. The van der Waals surface area contributed by atoms with Crippen molar-refractivity contribution >= 4 is 11.6 Å². The van der Waals surface area contributed by atoms with Gasteiger partial charge in [-0.3, -0.25) is 0 Å². The lowest BCUT2D eigenvalue weighted by Crippen LogP contribution is -2.36. The zero-order valence-electron chi connectivity index (χ0n) is 11.4. The highest BCUT2D eigenvalue weighted by molar-refractivity contribution is 6.18. The Morgan fingerprint density at radius 3 is 3.11 bits per heavy atom. The summed E-state index contributed by atoms with van der Waals surface area (Å²) in [7, 11) is 1.72. The van der Waals surface area contributed by atoms with E-state index in [-0.39, 0.29) is 0 Å². The van der Waals surface area contributed by atoms with Crippen LogP contribution in [0.25, 0.3) is 0 Å². The Kier molecular flexibility index (Phi) is 5.95. The Balaban J connectivity index is 1.89. The molecule has 0 aliphatic carbocycles. The molecule has 0 aromatic heterocycles. The highest BCUT2D eigenvalue weighted by Gasteiger charge is 2.21. The first-order chi connectivity index (χ1) is 9.35. The van der Waals surface area contributed by atoms with Crippen LogP contribution < -0.4 is 10.1 Å². The van der Waals surface area contributed by atoms with Crippen LogP contribution in [-0.2, 0) is 4.74 Å². The number of hydrogen-bond acceptors (Lipinski definition) is 3. The second-order valence-corrected chi connectivity index (χ2v) is 5.22. The zero-order valence-corrected chi connectivity index (χ0v) is 12.2. The maximum Gasteiger partial charge on any atom is 0.122 e. The number of hydrogen-bond donors (Lipinski definition) is 1. The molecule has 0 fully saturated rings. The smallest absolute Gasteiger partial charge is 0.122 e. The van der Waals surface area contributed by atoms with E-state index in [4.69, 9.17) is 21.1 Å². The first kappa shape index (κ1) is 14.6. The molecule has 1 aromatic carbocycles. The first-order valence-electron chi connectivity index (χ1n) is 6.85. The Labute approximate surface area is 120 Å². The van der Waals surface area contributed by atoms with Crippen molar-refractivity contribution in [2.45, 2.75) is 24.8 Å². The van der Waals surface area contributed by atoms with Gasteiger partial charge in [-0.05, 0) is 24.5 Å². The third-order valence-corrected chi connectivity index (χ3v) is 3.96. The molecule has 2 unspecified atom stereocenters. The lowest BCUT2D eigenvalue weighted by Gasteiger charge is -2.27. The van der Waals surface area contributed by atoms with E-state index < -0.39 is 0 Å². The molecule has 2 atom stereocenters. The van der Waals surface area contributed by atoms with Crippen LogP contribution in [0.3, 0.4) is 0 Å². The van der Waals surface area contributed by atoms with Crippen molar-refractivity contribution in [2.24, 2.45) is 0 Å². The summed E-state index contributed by atoms with van der Waals surface area (Å²) in [5.74, 6) is 2.16. The highest BCUT2D eigenvalue weighted by atomic mass is 35.5. The molecule has 0 spiro atoms. The normalized spacial score (nSPS) is 19.6. The predicted molar refractivity (Wildman–Crippen MR) is 78.3 cm³/mol. The standard InChI is InChI=1S/C15H22ClNO2/c1-18-8-7-13(10-16)17-11-12-6-9-19-15-5-3-2-4-14(12)15/h2-5,12-13,17H,6-11H2,1H3. The number of rotatable bonds is 7. The van der Waals surface area contributed by atoms with Gasteiger partial charge in [0, 0.05) is 38.1 Å². The lowest BCUT2D eigenvalue weighted by molar-refractivity contribution is 0.184. The van der Waals surface area contributed by atoms with Gasteiger partial charge in [-0.25, -0.2) is 0 Å². The molecule has 106 valence electrons. The summed E-state index contributed by atoms with van der Waals surface area (Å²) in [6.45, 7) is 2.49. The zero-order chi connectivity index (χ0) is 13.5. The molecule has 1 aromatic rings. The maximum atomic E-state index is 5.98. The van der Waals surface area contributed by atoms with Gasteiger partial charge in [0.1, 0.15) is 5.75 Å². The van der Waals surface area contributed by atoms with E-state index in [0.29, 0.717) is 17.8 Å². The Morgan fingerprint density at radius 2 is 2.32 bits per heavy atom. The van der Waals surface area contributed by atoms with Crippen molar-refractivity contribution in [3.8, 4) is 5.75 Å². The molecule has 19 heavy (non-hydrogen) atoms. The molecule has 1 aliphatic heterocycles. The summed E-state index contributed by atoms with van der Waals surface area (Å²) in [6.07, 6.45) is 2.01. The van der Waals surface area contributed by atoms with E-state index in [2.05, 4.69) is 17.4 Å². The van der Waals surface area contributed by atoms with Gasteiger partial charge in [-0.1, -0.05) is 18.2 Å². The molecular formula is C15H22ClNO2. The second kappa shape index (κ2) is 7.73. The molecule has 3 nitrogen and oxygen atoms in total. The van der Waals surface area contributed by atoms with Crippen LogP contribution in [0.1, 0.15) is 24.3 Å². The van der Waals surface area contributed by atoms with Crippen molar-refractivity contribution in [1.82, 2.24) is 5.32 Å². The molecule has 1 heterocycles. The van der Waals surface area contributed by atoms with Gasteiger partial charge in [0.15, 0.2) is 0 Å². The van der Waals surface area contributed by atoms with Crippen LogP contribution in [0.5, 0.6) is 5.75 Å². The molecule has 2 rings (SSSR count). The fraction of sp³-hybridized carbons (Fsp3) is 0.600. The molecular weight excluding hydrogens is 262 g/mol. The summed E-state index contributed by atoms with van der Waals surface area (Å²) in [5.41, 5.74) is 1.31. The van der Waals surface area contributed by atoms with Crippen molar-refractivity contribution in [3.05, 3.63) is 29.8 Å². The van der Waals surface area contributed by atoms with Crippen molar-refractivity contribution in [1.29, 1.82) is 0 Å². The Morgan fingerprint density at radius 1 is 1.47 bits per heavy atom. The number of benzene rings is 1.